The van der Waals surface area contributed by atoms with E-state index in [4.69, 9.17) is 0 Å². The highest BCUT2D eigenvalue weighted by Crippen LogP contribution is 2.19. The highest BCUT2D eigenvalue weighted by molar-refractivity contribution is 7.12. The van der Waals surface area contributed by atoms with Gasteiger partial charge in [0.2, 0.25) is 0 Å². The summed E-state index contributed by atoms with van der Waals surface area (Å²) in [6.45, 7) is 8.39. The first kappa shape index (κ1) is 11.2. The number of nitrogens with one attached hydrogen (secondary N) is 1. The minimum absolute atomic E-state index is 0.0300. The van der Waals surface area contributed by atoms with E-state index in [1.807, 2.05) is 24.4 Å². The summed E-state index contributed by atoms with van der Waals surface area (Å²) in [6.07, 6.45) is 0. The molecule has 0 aliphatic carbocycles. The summed E-state index contributed by atoms with van der Waals surface area (Å²) in [6, 6.07) is 3.91. The van der Waals surface area contributed by atoms with Crippen LogP contribution in [0.2, 0.25) is 0 Å². The van der Waals surface area contributed by atoms with Gasteiger partial charge in [0, 0.05) is 6.04 Å². The van der Waals surface area contributed by atoms with Gasteiger partial charge < -0.3 is 5.32 Å². The lowest BCUT2D eigenvalue weighted by molar-refractivity contribution is 0.0914. The van der Waals surface area contributed by atoms with Crippen molar-refractivity contribution in [1.29, 1.82) is 0 Å². The van der Waals surface area contributed by atoms with Crippen molar-refractivity contribution in [2.45, 2.75) is 33.7 Å². The van der Waals surface area contributed by atoms with Crippen LogP contribution in [0.25, 0.3) is 0 Å². The smallest absolute Gasteiger partial charge is 0.261 e. The second-order valence-corrected chi connectivity index (χ2v) is 5.49. The van der Waals surface area contributed by atoms with Crippen molar-refractivity contribution in [3.05, 3.63) is 22.4 Å². The fraction of sp³-hybridized carbons (Fsp3) is 0.545. The molecule has 1 rings (SSSR count). The fourth-order valence-electron chi connectivity index (χ4n) is 0.892. The van der Waals surface area contributed by atoms with Crippen LogP contribution in [0.3, 0.4) is 0 Å². The maximum absolute atomic E-state index is 11.7. The highest BCUT2D eigenvalue weighted by atomic mass is 32.1. The molecule has 2 nitrogen and oxygen atoms in total. The van der Waals surface area contributed by atoms with Gasteiger partial charge in [-0.05, 0) is 23.8 Å². The largest absolute Gasteiger partial charge is 0.348 e. The van der Waals surface area contributed by atoms with E-state index in [1.54, 1.807) is 0 Å². The van der Waals surface area contributed by atoms with Gasteiger partial charge in [0.05, 0.1) is 4.88 Å². The molecule has 1 atom stereocenters. The molecule has 1 N–H and O–H groups in total. The predicted octanol–water partition coefficient (Wildman–Crippen LogP) is 2.91. The Hall–Kier alpha value is -0.830. The van der Waals surface area contributed by atoms with Gasteiger partial charge in [-0.3, -0.25) is 4.79 Å². The van der Waals surface area contributed by atoms with Crippen LogP contribution in [0.1, 0.15) is 37.4 Å². The van der Waals surface area contributed by atoms with Gasteiger partial charge in [0.15, 0.2) is 0 Å². The Balaban J connectivity index is 2.58. The lowest BCUT2D eigenvalue weighted by atomic mass is 9.88. The number of carbonyl (C=O) groups is 1. The predicted molar refractivity (Wildman–Crippen MR) is 60.7 cm³/mol. The molecule has 0 aliphatic heterocycles. The molecule has 0 saturated heterocycles. The van der Waals surface area contributed by atoms with Crippen LogP contribution in [0.5, 0.6) is 0 Å². The molecule has 0 saturated carbocycles. The Labute approximate surface area is 89.3 Å². The average Bonchev–Trinajstić information content (AvgIpc) is 2.53. The molecule has 0 aromatic carbocycles. The first-order chi connectivity index (χ1) is 6.41. The zero-order valence-electron chi connectivity index (χ0n) is 9.13. The van der Waals surface area contributed by atoms with Gasteiger partial charge in [0.25, 0.3) is 5.91 Å². The molecule has 1 amide bonds. The van der Waals surface area contributed by atoms with Crippen molar-refractivity contribution in [3.63, 3.8) is 0 Å². The number of thiophene rings is 1. The first-order valence-electron chi connectivity index (χ1n) is 4.75. The molecule has 78 valence electrons. The summed E-state index contributed by atoms with van der Waals surface area (Å²) >= 11 is 1.47. The molecule has 0 radical (unpaired) electrons. The van der Waals surface area contributed by atoms with E-state index in [9.17, 15) is 4.79 Å². The SMILES string of the molecule is C[C@@H](NC(=O)c1cccs1)C(C)(C)C. The lowest BCUT2D eigenvalue weighted by Gasteiger charge is -2.27. The van der Waals surface area contributed by atoms with Crippen LogP contribution in [0, 0.1) is 5.41 Å². The first-order valence-corrected chi connectivity index (χ1v) is 5.63. The quantitative estimate of drug-likeness (QED) is 0.800. The fourth-order valence-corrected chi connectivity index (χ4v) is 1.52. The number of carbonyl (C=O) groups excluding carboxylic acids is 1. The minimum atomic E-state index is 0.0300. The Morgan fingerprint density at radius 3 is 2.57 bits per heavy atom. The summed E-state index contributed by atoms with van der Waals surface area (Å²) in [7, 11) is 0. The monoisotopic (exact) mass is 211 g/mol. The average molecular weight is 211 g/mol. The molecule has 0 unspecified atom stereocenters. The Kier molecular flexibility index (Phi) is 3.32. The maximum Gasteiger partial charge on any atom is 0.261 e. The summed E-state index contributed by atoms with van der Waals surface area (Å²) in [5, 5.41) is 4.91. The molecule has 0 fully saturated rings. The standard InChI is InChI=1S/C11H17NOS/c1-8(11(2,3)4)12-10(13)9-6-5-7-14-9/h5-8H,1-4H3,(H,12,13)/t8-/m1/s1. The van der Waals surface area contributed by atoms with Gasteiger partial charge in [0.1, 0.15) is 0 Å². The Morgan fingerprint density at radius 1 is 1.50 bits per heavy atom. The van der Waals surface area contributed by atoms with Gasteiger partial charge in [-0.2, -0.15) is 0 Å². The molecule has 0 bridgehead atoms. The number of rotatable bonds is 2. The number of hydrogen-bond acceptors (Lipinski definition) is 2. The normalized spacial score (nSPS) is 13.7. The molecule has 0 spiro atoms. The number of amides is 1. The van der Waals surface area contributed by atoms with Crippen molar-refractivity contribution in [3.8, 4) is 0 Å². The summed E-state index contributed by atoms with van der Waals surface area (Å²) < 4.78 is 0. The van der Waals surface area contributed by atoms with Crippen molar-refractivity contribution < 1.29 is 4.79 Å². The molecule has 1 aromatic heterocycles. The zero-order chi connectivity index (χ0) is 10.8. The van der Waals surface area contributed by atoms with E-state index in [0.717, 1.165) is 4.88 Å². The van der Waals surface area contributed by atoms with Crippen molar-refractivity contribution in [2.75, 3.05) is 0 Å². The van der Waals surface area contributed by atoms with E-state index in [1.165, 1.54) is 11.3 Å². The second-order valence-electron chi connectivity index (χ2n) is 4.54. The summed E-state index contributed by atoms with van der Waals surface area (Å²) in [4.78, 5) is 12.4. The van der Waals surface area contributed by atoms with Crippen LogP contribution in [0.15, 0.2) is 17.5 Å². The van der Waals surface area contributed by atoms with Gasteiger partial charge >= 0.3 is 0 Å². The molecule has 3 heteroatoms. The third-order valence-electron chi connectivity index (χ3n) is 2.39. The van der Waals surface area contributed by atoms with Gasteiger partial charge in [-0.15, -0.1) is 11.3 Å². The maximum atomic E-state index is 11.7. The van der Waals surface area contributed by atoms with E-state index >= 15 is 0 Å². The summed E-state index contributed by atoms with van der Waals surface area (Å²) in [5.74, 6) is 0.0300. The van der Waals surface area contributed by atoms with Gasteiger partial charge in [-0.25, -0.2) is 0 Å². The van der Waals surface area contributed by atoms with E-state index < -0.39 is 0 Å². The lowest BCUT2D eigenvalue weighted by Crippen LogP contribution is -2.41. The van der Waals surface area contributed by atoms with E-state index in [0.29, 0.717) is 0 Å². The third-order valence-corrected chi connectivity index (χ3v) is 3.26. The highest BCUT2D eigenvalue weighted by Gasteiger charge is 2.22. The minimum Gasteiger partial charge on any atom is -0.348 e. The van der Waals surface area contributed by atoms with Crippen LogP contribution in [-0.4, -0.2) is 11.9 Å². The summed E-state index contributed by atoms with van der Waals surface area (Å²) in [5.41, 5.74) is 0.104. The third kappa shape index (κ3) is 2.84. The Morgan fingerprint density at radius 2 is 2.14 bits per heavy atom. The van der Waals surface area contributed by atoms with Crippen molar-refractivity contribution in [1.82, 2.24) is 5.32 Å². The molecule has 0 aliphatic rings. The Bertz CT molecular complexity index is 298. The molecular formula is C11H17NOS. The van der Waals surface area contributed by atoms with Crippen LogP contribution >= 0.6 is 11.3 Å². The zero-order valence-corrected chi connectivity index (χ0v) is 9.94. The van der Waals surface area contributed by atoms with Crippen molar-refractivity contribution >= 4 is 17.2 Å². The van der Waals surface area contributed by atoms with Crippen molar-refractivity contribution in [2.24, 2.45) is 5.41 Å². The van der Waals surface area contributed by atoms with E-state index in [2.05, 4.69) is 26.1 Å². The molecule has 1 aromatic rings. The number of hydrogen-bond donors (Lipinski definition) is 1. The van der Waals surface area contributed by atoms with Gasteiger partial charge in [-0.1, -0.05) is 26.8 Å². The molecule has 1 heterocycles. The topological polar surface area (TPSA) is 29.1 Å². The van der Waals surface area contributed by atoms with Crippen LogP contribution in [-0.2, 0) is 0 Å². The molecular weight excluding hydrogens is 194 g/mol. The molecule has 14 heavy (non-hydrogen) atoms. The van der Waals surface area contributed by atoms with Crippen LogP contribution < -0.4 is 5.32 Å². The van der Waals surface area contributed by atoms with Crippen LogP contribution in [0.4, 0.5) is 0 Å². The second kappa shape index (κ2) is 4.13. The van der Waals surface area contributed by atoms with E-state index in [-0.39, 0.29) is 17.4 Å².